The van der Waals surface area contributed by atoms with Crippen LogP contribution in [0.2, 0.25) is 0 Å². The molecule has 0 unspecified atom stereocenters. The maximum atomic E-state index is 9.80. The molecule has 3 aliphatic rings. The molecule has 0 aromatic carbocycles. The number of aliphatic hydroxyl groups is 2. The van der Waals surface area contributed by atoms with Crippen LogP contribution < -0.4 is 0 Å². The van der Waals surface area contributed by atoms with E-state index in [0.29, 0.717) is 36.5 Å². The van der Waals surface area contributed by atoms with Gasteiger partial charge in [0.15, 0.2) is 6.29 Å². The molecular weight excluding hydrogens is 276 g/mol. The molecule has 2 N–H and O–H groups in total. The zero-order chi connectivity index (χ0) is 15.7. The molecule has 2 aliphatic carbocycles. The molecule has 124 valence electrons. The second-order valence-electron chi connectivity index (χ2n) is 7.63. The van der Waals surface area contributed by atoms with Crippen molar-refractivity contribution in [3.8, 4) is 0 Å². The molecule has 7 atom stereocenters. The van der Waals surface area contributed by atoms with Gasteiger partial charge < -0.3 is 14.9 Å². The predicted octanol–water partition coefficient (Wildman–Crippen LogP) is 3.42. The molecule has 0 spiro atoms. The van der Waals surface area contributed by atoms with E-state index in [9.17, 15) is 10.2 Å². The van der Waals surface area contributed by atoms with Crippen molar-refractivity contribution < 1.29 is 14.9 Å². The van der Waals surface area contributed by atoms with Crippen LogP contribution in [0.5, 0.6) is 0 Å². The van der Waals surface area contributed by atoms with Gasteiger partial charge in [0.25, 0.3) is 0 Å². The largest absolute Gasteiger partial charge is 0.393 e. The van der Waals surface area contributed by atoms with Crippen molar-refractivity contribution in [3.63, 3.8) is 0 Å². The smallest absolute Gasteiger partial charge is 0.157 e. The van der Waals surface area contributed by atoms with Crippen LogP contribution in [-0.4, -0.2) is 28.7 Å². The summed E-state index contributed by atoms with van der Waals surface area (Å²) < 4.78 is 5.60. The van der Waals surface area contributed by atoms with Crippen LogP contribution in [0.25, 0.3) is 0 Å². The lowest BCUT2D eigenvalue weighted by Gasteiger charge is -2.39. The minimum atomic E-state index is -0.789. The Kier molecular flexibility index (Phi) is 5.06. The second-order valence-corrected chi connectivity index (χ2v) is 7.63. The number of fused-ring (bicyclic) bond motifs is 1. The van der Waals surface area contributed by atoms with Crippen LogP contribution in [0.3, 0.4) is 0 Å². The third-order valence-electron chi connectivity index (χ3n) is 5.80. The molecule has 3 rings (SSSR count). The summed E-state index contributed by atoms with van der Waals surface area (Å²) in [5.41, 5.74) is 1.53. The molecule has 0 aromatic rings. The predicted molar refractivity (Wildman–Crippen MR) is 87.1 cm³/mol. The SMILES string of the molecule is C[C@H]1C=C2C=C[C@H](C)[C@H](CC[C@H]3C[C@H](O)C[C@@H](O)O3)[C@H]2CC1. The summed E-state index contributed by atoms with van der Waals surface area (Å²) in [6.07, 6.45) is 11.6. The van der Waals surface area contributed by atoms with Gasteiger partial charge in [-0.1, -0.05) is 32.1 Å². The molecule has 1 heterocycles. The molecule has 0 bridgehead atoms. The van der Waals surface area contributed by atoms with Crippen LogP contribution in [0.15, 0.2) is 23.8 Å². The standard InChI is InChI=1S/C19H30O3/c1-12-3-7-18-14(9-12)5-4-13(2)17(18)8-6-16-10-15(20)11-19(21)22-16/h4-5,9,12-13,15-21H,3,6-8,10-11H2,1-2H3/t12-,13+,15+,16+,17+,18+,19+/m1/s1. The number of allylic oxidation sites excluding steroid dienone is 4. The fraction of sp³-hybridized carbons (Fsp3) is 0.789. The van der Waals surface area contributed by atoms with Crippen molar-refractivity contribution in [1.82, 2.24) is 0 Å². The molecule has 0 amide bonds. The lowest BCUT2D eigenvalue weighted by molar-refractivity contribution is -0.191. The minimum Gasteiger partial charge on any atom is -0.393 e. The maximum absolute atomic E-state index is 9.80. The first-order valence-corrected chi connectivity index (χ1v) is 8.94. The quantitative estimate of drug-likeness (QED) is 0.840. The number of ether oxygens (including phenoxy) is 1. The van der Waals surface area contributed by atoms with E-state index in [1.807, 2.05) is 0 Å². The maximum Gasteiger partial charge on any atom is 0.157 e. The van der Waals surface area contributed by atoms with Crippen molar-refractivity contribution >= 4 is 0 Å². The fourth-order valence-corrected chi connectivity index (χ4v) is 4.55. The molecule has 1 saturated heterocycles. The van der Waals surface area contributed by atoms with Crippen molar-refractivity contribution in [2.45, 2.75) is 70.9 Å². The Balaban J connectivity index is 1.61. The molecule has 1 aliphatic heterocycles. The summed E-state index contributed by atoms with van der Waals surface area (Å²) in [6.45, 7) is 4.63. The molecule has 3 nitrogen and oxygen atoms in total. The first kappa shape index (κ1) is 16.2. The molecule has 22 heavy (non-hydrogen) atoms. The summed E-state index contributed by atoms with van der Waals surface area (Å²) in [5, 5.41) is 19.4. The number of rotatable bonds is 3. The van der Waals surface area contributed by atoms with E-state index >= 15 is 0 Å². The summed E-state index contributed by atoms with van der Waals surface area (Å²) in [6, 6.07) is 0. The van der Waals surface area contributed by atoms with E-state index in [2.05, 4.69) is 32.1 Å². The van der Waals surface area contributed by atoms with Crippen molar-refractivity contribution in [2.24, 2.45) is 23.7 Å². The highest BCUT2D eigenvalue weighted by molar-refractivity contribution is 5.29. The minimum absolute atomic E-state index is 0.00630. The second kappa shape index (κ2) is 6.86. The van der Waals surface area contributed by atoms with Gasteiger partial charge in [0.1, 0.15) is 0 Å². The highest BCUT2D eigenvalue weighted by atomic mass is 16.6. The van der Waals surface area contributed by atoms with E-state index < -0.39 is 12.4 Å². The Labute approximate surface area is 134 Å². The van der Waals surface area contributed by atoms with Gasteiger partial charge in [0.2, 0.25) is 0 Å². The molecule has 1 fully saturated rings. The molecule has 0 aromatic heterocycles. The lowest BCUT2D eigenvalue weighted by atomic mass is 9.66. The van der Waals surface area contributed by atoms with Gasteiger partial charge in [0.05, 0.1) is 12.2 Å². The van der Waals surface area contributed by atoms with Crippen molar-refractivity contribution in [3.05, 3.63) is 23.8 Å². The topological polar surface area (TPSA) is 49.7 Å². The summed E-state index contributed by atoms with van der Waals surface area (Å²) in [4.78, 5) is 0. The van der Waals surface area contributed by atoms with E-state index in [4.69, 9.17) is 4.74 Å². The highest BCUT2D eigenvalue weighted by Gasteiger charge is 2.34. The third kappa shape index (κ3) is 3.64. The Bertz CT molecular complexity index is 432. The van der Waals surface area contributed by atoms with E-state index in [-0.39, 0.29) is 6.10 Å². The number of aliphatic hydroxyl groups excluding tert-OH is 2. The zero-order valence-corrected chi connectivity index (χ0v) is 13.8. The molecular formula is C19H30O3. The first-order chi connectivity index (χ1) is 10.5. The number of hydrogen-bond donors (Lipinski definition) is 2. The summed E-state index contributed by atoms with van der Waals surface area (Å²) >= 11 is 0. The van der Waals surface area contributed by atoms with Crippen LogP contribution in [-0.2, 0) is 4.74 Å². The third-order valence-corrected chi connectivity index (χ3v) is 5.80. The highest BCUT2D eigenvalue weighted by Crippen LogP contribution is 2.43. The zero-order valence-electron chi connectivity index (χ0n) is 13.8. The van der Waals surface area contributed by atoms with Gasteiger partial charge in [-0.15, -0.1) is 0 Å². The fourth-order valence-electron chi connectivity index (χ4n) is 4.55. The van der Waals surface area contributed by atoms with Crippen LogP contribution in [0.4, 0.5) is 0 Å². The van der Waals surface area contributed by atoms with E-state index in [1.54, 1.807) is 0 Å². The van der Waals surface area contributed by atoms with Gasteiger partial charge >= 0.3 is 0 Å². The van der Waals surface area contributed by atoms with Crippen molar-refractivity contribution in [2.75, 3.05) is 0 Å². The molecule has 0 radical (unpaired) electrons. The average Bonchev–Trinajstić information content (AvgIpc) is 2.45. The van der Waals surface area contributed by atoms with Crippen LogP contribution in [0, 0.1) is 23.7 Å². The Morgan fingerprint density at radius 2 is 1.95 bits per heavy atom. The monoisotopic (exact) mass is 306 g/mol. The van der Waals surface area contributed by atoms with Gasteiger partial charge in [-0.05, 0) is 61.3 Å². The summed E-state index contributed by atoms with van der Waals surface area (Å²) in [5.74, 6) is 2.67. The molecule has 3 heteroatoms. The van der Waals surface area contributed by atoms with Gasteiger partial charge in [-0.2, -0.15) is 0 Å². The first-order valence-electron chi connectivity index (χ1n) is 8.94. The van der Waals surface area contributed by atoms with Crippen LogP contribution >= 0.6 is 0 Å². The average molecular weight is 306 g/mol. The lowest BCUT2D eigenvalue weighted by Crippen LogP contribution is -2.36. The summed E-state index contributed by atoms with van der Waals surface area (Å²) in [7, 11) is 0. The Morgan fingerprint density at radius 1 is 1.14 bits per heavy atom. The van der Waals surface area contributed by atoms with E-state index in [0.717, 1.165) is 12.8 Å². The van der Waals surface area contributed by atoms with Gasteiger partial charge in [-0.3, -0.25) is 0 Å². The van der Waals surface area contributed by atoms with Gasteiger partial charge in [0, 0.05) is 6.42 Å². The Morgan fingerprint density at radius 3 is 2.73 bits per heavy atom. The normalized spacial score (nSPS) is 45.3. The Hall–Kier alpha value is -0.640. The van der Waals surface area contributed by atoms with Crippen molar-refractivity contribution in [1.29, 1.82) is 0 Å². The molecule has 0 saturated carbocycles. The van der Waals surface area contributed by atoms with E-state index in [1.165, 1.54) is 18.4 Å². The van der Waals surface area contributed by atoms with Crippen LogP contribution in [0.1, 0.15) is 52.4 Å². The van der Waals surface area contributed by atoms with Gasteiger partial charge in [-0.25, -0.2) is 0 Å². The number of hydrogen-bond acceptors (Lipinski definition) is 3.